The van der Waals surface area contributed by atoms with Crippen LogP contribution in [0.2, 0.25) is 0 Å². The van der Waals surface area contributed by atoms with Gasteiger partial charge in [0.1, 0.15) is 6.10 Å². The van der Waals surface area contributed by atoms with Crippen molar-refractivity contribution in [1.29, 1.82) is 0 Å². The van der Waals surface area contributed by atoms with E-state index < -0.39 is 12.1 Å². The summed E-state index contributed by atoms with van der Waals surface area (Å²) in [4.78, 5) is 16.0. The average molecular weight is 319 g/mol. The number of carbonyl (C=O) groups excluding carboxylic acids is 1. The molecule has 1 unspecified atom stereocenters. The lowest BCUT2D eigenvalue weighted by molar-refractivity contribution is 0.0601. The van der Waals surface area contributed by atoms with Crippen LogP contribution in [0.15, 0.2) is 73.1 Å². The van der Waals surface area contributed by atoms with Crippen LogP contribution >= 0.6 is 0 Å². The molecule has 0 amide bonds. The second-order valence-electron chi connectivity index (χ2n) is 5.35. The Morgan fingerprint density at radius 3 is 2.38 bits per heavy atom. The van der Waals surface area contributed by atoms with Crippen molar-refractivity contribution in [2.75, 3.05) is 7.11 Å². The zero-order chi connectivity index (χ0) is 16.9. The summed E-state index contributed by atoms with van der Waals surface area (Å²) < 4.78 is 4.87. The molecule has 0 aliphatic rings. The number of aromatic nitrogens is 1. The van der Waals surface area contributed by atoms with Crippen molar-refractivity contribution in [2.45, 2.75) is 6.10 Å². The number of aliphatic hydroxyl groups is 1. The number of aliphatic hydroxyl groups excluding tert-OH is 1. The fourth-order valence-corrected chi connectivity index (χ4v) is 2.61. The Labute approximate surface area is 140 Å². The van der Waals surface area contributed by atoms with E-state index in [9.17, 15) is 9.90 Å². The number of hydrogen-bond donors (Lipinski definition) is 1. The maximum Gasteiger partial charge on any atom is 0.338 e. The standard InChI is InChI=1S/C20H17NO3/c1-24-20(23)17-8-7-16(19(22)15-9-11-21-12-10-15)13-18(17)14-5-3-2-4-6-14/h2-13,19,22H,1H3. The van der Waals surface area contributed by atoms with Crippen LogP contribution in [0.5, 0.6) is 0 Å². The van der Waals surface area contributed by atoms with Crippen molar-refractivity contribution in [3.63, 3.8) is 0 Å². The molecule has 3 aromatic rings. The van der Waals surface area contributed by atoms with E-state index in [0.717, 1.165) is 16.7 Å². The number of ether oxygens (including phenoxy) is 1. The highest BCUT2D eigenvalue weighted by Gasteiger charge is 2.17. The zero-order valence-electron chi connectivity index (χ0n) is 13.2. The Morgan fingerprint density at radius 1 is 1.00 bits per heavy atom. The summed E-state index contributed by atoms with van der Waals surface area (Å²) in [5.41, 5.74) is 3.53. The first-order chi connectivity index (χ1) is 11.7. The van der Waals surface area contributed by atoms with Gasteiger partial charge in [-0.2, -0.15) is 0 Å². The zero-order valence-corrected chi connectivity index (χ0v) is 13.2. The number of pyridine rings is 1. The topological polar surface area (TPSA) is 59.4 Å². The molecule has 0 bridgehead atoms. The van der Waals surface area contributed by atoms with Gasteiger partial charge < -0.3 is 9.84 Å². The third kappa shape index (κ3) is 3.19. The van der Waals surface area contributed by atoms with Gasteiger partial charge in [-0.15, -0.1) is 0 Å². The van der Waals surface area contributed by atoms with Gasteiger partial charge in [-0.1, -0.05) is 36.4 Å². The molecule has 0 saturated heterocycles. The van der Waals surface area contributed by atoms with E-state index in [4.69, 9.17) is 4.74 Å². The Hall–Kier alpha value is -2.98. The van der Waals surface area contributed by atoms with Crippen molar-refractivity contribution in [3.05, 3.63) is 89.7 Å². The minimum atomic E-state index is -0.790. The second-order valence-corrected chi connectivity index (χ2v) is 5.35. The molecule has 2 aromatic carbocycles. The number of methoxy groups -OCH3 is 1. The molecule has 3 rings (SSSR count). The lowest BCUT2D eigenvalue weighted by Gasteiger charge is -2.15. The third-order valence-corrected chi connectivity index (χ3v) is 3.87. The second kappa shape index (κ2) is 7.06. The Kier molecular flexibility index (Phi) is 4.68. The van der Waals surface area contributed by atoms with Crippen molar-refractivity contribution >= 4 is 5.97 Å². The quantitative estimate of drug-likeness (QED) is 0.746. The molecule has 4 nitrogen and oxygen atoms in total. The van der Waals surface area contributed by atoms with E-state index >= 15 is 0 Å². The van der Waals surface area contributed by atoms with Crippen LogP contribution in [-0.4, -0.2) is 23.2 Å². The van der Waals surface area contributed by atoms with Gasteiger partial charge in [0.05, 0.1) is 12.7 Å². The molecule has 1 aromatic heterocycles. The number of nitrogens with zero attached hydrogens (tertiary/aromatic N) is 1. The maximum absolute atomic E-state index is 12.1. The fourth-order valence-electron chi connectivity index (χ4n) is 2.61. The van der Waals surface area contributed by atoms with Gasteiger partial charge in [0.15, 0.2) is 0 Å². The summed E-state index contributed by atoms with van der Waals surface area (Å²) in [5.74, 6) is -0.404. The molecule has 0 radical (unpaired) electrons. The summed E-state index contributed by atoms with van der Waals surface area (Å²) in [6.07, 6.45) is 2.49. The summed E-state index contributed by atoms with van der Waals surface area (Å²) in [7, 11) is 1.36. The monoisotopic (exact) mass is 319 g/mol. The lowest BCUT2D eigenvalue weighted by Crippen LogP contribution is -2.06. The first kappa shape index (κ1) is 15.9. The van der Waals surface area contributed by atoms with Gasteiger partial charge >= 0.3 is 5.97 Å². The fraction of sp³-hybridized carbons (Fsp3) is 0.100. The van der Waals surface area contributed by atoms with Crippen molar-refractivity contribution in [1.82, 2.24) is 4.98 Å². The SMILES string of the molecule is COC(=O)c1ccc(C(O)c2ccncc2)cc1-c1ccccc1. The van der Waals surface area contributed by atoms with Crippen molar-refractivity contribution < 1.29 is 14.6 Å². The normalized spacial score (nSPS) is 11.8. The van der Waals surface area contributed by atoms with Gasteiger partial charge in [0, 0.05) is 12.4 Å². The minimum absolute atomic E-state index is 0.404. The molecule has 1 N–H and O–H groups in total. The van der Waals surface area contributed by atoms with Crippen LogP contribution in [0.4, 0.5) is 0 Å². The first-order valence-electron chi connectivity index (χ1n) is 7.56. The number of hydrogen-bond acceptors (Lipinski definition) is 4. The smallest absolute Gasteiger partial charge is 0.338 e. The predicted molar refractivity (Wildman–Crippen MR) is 91.5 cm³/mol. The third-order valence-electron chi connectivity index (χ3n) is 3.87. The average Bonchev–Trinajstić information content (AvgIpc) is 2.67. The predicted octanol–water partition coefficient (Wildman–Crippen LogP) is 3.62. The maximum atomic E-state index is 12.1. The lowest BCUT2D eigenvalue weighted by atomic mass is 9.93. The van der Waals surface area contributed by atoms with Crippen LogP contribution < -0.4 is 0 Å². The molecule has 0 fully saturated rings. The molecule has 0 saturated carbocycles. The molecule has 4 heteroatoms. The van der Waals surface area contributed by atoms with Gasteiger partial charge in [-0.25, -0.2) is 4.79 Å². The molecule has 1 heterocycles. The highest BCUT2D eigenvalue weighted by Crippen LogP contribution is 2.30. The van der Waals surface area contributed by atoms with E-state index in [2.05, 4.69) is 4.98 Å². The van der Waals surface area contributed by atoms with E-state index in [1.807, 2.05) is 36.4 Å². The van der Waals surface area contributed by atoms with Gasteiger partial charge in [-0.05, 0) is 46.5 Å². The number of benzene rings is 2. The molecule has 24 heavy (non-hydrogen) atoms. The minimum Gasteiger partial charge on any atom is -0.465 e. The highest BCUT2D eigenvalue weighted by molar-refractivity contribution is 5.97. The van der Waals surface area contributed by atoms with Crippen LogP contribution in [0.3, 0.4) is 0 Å². The van der Waals surface area contributed by atoms with Gasteiger partial charge in [0.2, 0.25) is 0 Å². The summed E-state index contributed by atoms with van der Waals surface area (Å²) in [5, 5.41) is 10.6. The molecular formula is C20H17NO3. The van der Waals surface area contributed by atoms with Crippen molar-refractivity contribution in [3.8, 4) is 11.1 Å². The van der Waals surface area contributed by atoms with Crippen LogP contribution in [0.25, 0.3) is 11.1 Å². The summed E-state index contributed by atoms with van der Waals surface area (Å²) >= 11 is 0. The molecular weight excluding hydrogens is 302 g/mol. The van der Waals surface area contributed by atoms with E-state index in [1.165, 1.54) is 7.11 Å². The van der Waals surface area contributed by atoms with Gasteiger partial charge in [-0.3, -0.25) is 4.98 Å². The summed E-state index contributed by atoms with van der Waals surface area (Å²) in [6.45, 7) is 0. The van der Waals surface area contributed by atoms with Gasteiger partial charge in [0.25, 0.3) is 0 Å². The number of carbonyl (C=O) groups is 1. The molecule has 0 aliphatic heterocycles. The van der Waals surface area contributed by atoms with E-state index in [0.29, 0.717) is 11.1 Å². The van der Waals surface area contributed by atoms with E-state index in [1.54, 1.807) is 36.7 Å². The number of esters is 1. The molecule has 120 valence electrons. The Morgan fingerprint density at radius 2 is 1.71 bits per heavy atom. The highest BCUT2D eigenvalue weighted by atomic mass is 16.5. The Balaban J connectivity index is 2.09. The van der Waals surface area contributed by atoms with Crippen molar-refractivity contribution in [2.24, 2.45) is 0 Å². The first-order valence-corrected chi connectivity index (χ1v) is 7.56. The molecule has 1 atom stereocenters. The van der Waals surface area contributed by atoms with E-state index in [-0.39, 0.29) is 0 Å². The van der Waals surface area contributed by atoms with Crippen LogP contribution in [-0.2, 0) is 4.74 Å². The molecule has 0 aliphatic carbocycles. The summed E-state index contributed by atoms with van der Waals surface area (Å²) in [6, 6.07) is 18.4. The largest absolute Gasteiger partial charge is 0.465 e. The van der Waals surface area contributed by atoms with Crippen LogP contribution in [0, 0.1) is 0 Å². The number of rotatable bonds is 4. The molecule has 0 spiro atoms. The Bertz CT molecular complexity index is 832. The van der Waals surface area contributed by atoms with Crippen LogP contribution in [0.1, 0.15) is 27.6 Å².